The fraction of sp³-hybridized carbons (Fsp3) is 0.304. The Hall–Kier alpha value is -2.74. The van der Waals surface area contributed by atoms with Crippen LogP contribution in [0.2, 0.25) is 5.02 Å². The monoisotopic (exact) mass is 443 g/mol. The molecule has 1 aromatic carbocycles. The molecule has 0 saturated carbocycles. The molecule has 1 aliphatic heterocycles. The number of rotatable bonds is 6. The lowest BCUT2D eigenvalue weighted by Gasteiger charge is -2.39. The van der Waals surface area contributed by atoms with Crippen LogP contribution in [0, 0.1) is 5.82 Å². The molecule has 0 spiro atoms. The Morgan fingerprint density at radius 3 is 2.65 bits per heavy atom. The number of ether oxygens (including phenoxy) is 2. The van der Waals surface area contributed by atoms with Gasteiger partial charge in [-0.25, -0.2) is 4.39 Å². The predicted molar refractivity (Wildman–Crippen MR) is 119 cm³/mol. The highest BCUT2D eigenvalue weighted by Gasteiger charge is 2.42. The summed E-state index contributed by atoms with van der Waals surface area (Å²) in [5.41, 5.74) is 2.30. The zero-order valence-electron chi connectivity index (χ0n) is 17.5. The molecule has 0 radical (unpaired) electrons. The van der Waals surface area contributed by atoms with E-state index in [2.05, 4.69) is 15.3 Å². The molecule has 0 amide bonds. The van der Waals surface area contributed by atoms with Crippen molar-refractivity contribution >= 4 is 23.0 Å². The third-order valence-electron chi connectivity index (χ3n) is 5.43. The number of aromatic amines is 1. The van der Waals surface area contributed by atoms with E-state index < -0.39 is 11.4 Å². The lowest BCUT2D eigenvalue weighted by atomic mass is 9.96. The van der Waals surface area contributed by atoms with Gasteiger partial charge in [0.2, 0.25) is 0 Å². The molecule has 0 unspecified atom stereocenters. The summed E-state index contributed by atoms with van der Waals surface area (Å²) in [6, 6.07) is 9.51. The fourth-order valence-electron chi connectivity index (χ4n) is 3.58. The molecular weight excluding hydrogens is 421 g/mol. The van der Waals surface area contributed by atoms with Crippen LogP contribution < -0.4 is 10.9 Å². The van der Waals surface area contributed by atoms with Gasteiger partial charge in [0.25, 0.3) is 5.56 Å². The number of hydrogen-bond donors (Lipinski definition) is 2. The van der Waals surface area contributed by atoms with Gasteiger partial charge in [0, 0.05) is 35.3 Å². The van der Waals surface area contributed by atoms with E-state index in [1.807, 2.05) is 26.0 Å². The Kier molecular flexibility index (Phi) is 5.83. The van der Waals surface area contributed by atoms with Gasteiger partial charge in [-0.15, -0.1) is 0 Å². The number of methoxy groups -OCH3 is 1. The molecule has 0 atom stereocenters. The molecule has 8 heteroatoms. The van der Waals surface area contributed by atoms with Crippen LogP contribution in [0.1, 0.15) is 31.2 Å². The Morgan fingerprint density at radius 2 is 2.00 bits per heavy atom. The molecule has 0 bridgehead atoms. The minimum absolute atomic E-state index is 0.0279. The Morgan fingerprint density at radius 1 is 1.23 bits per heavy atom. The Balaban J connectivity index is 1.78. The maximum Gasteiger partial charge on any atom is 0.256 e. The van der Waals surface area contributed by atoms with Crippen LogP contribution in [-0.2, 0) is 15.1 Å². The maximum atomic E-state index is 14.5. The van der Waals surface area contributed by atoms with Gasteiger partial charge < -0.3 is 19.8 Å². The Bertz CT molecular complexity index is 1170. The summed E-state index contributed by atoms with van der Waals surface area (Å²) in [4.78, 5) is 20.1. The third-order valence-corrected chi connectivity index (χ3v) is 5.67. The van der Waals surface area contributed by atoms with E-state index in [9.17, 15) is 9.18 Å². The summed E-state index contributed by atoms with van der Waals surface area (Å²) in [6.45, 7) is 4.82. The minimum atomic E-state index is -0.557. The minimum Gasteiger partial charge on any atom is -0.374 e. The molecule has 4 rings (SSSR count). The first-order valence-electron chi connectivity index (χ1n) is 9.92. The summed E-state index contributed by atoms with van der Waals surface area (Å²) >= 11 is 6.04. The van der Waals surface area contributed by atoms with Crippen molar-refractivity contribution in [2.24, 2.45) is 0 Å². The average Bonchev–Trinajstić information content (AvgIpc) is 2.71. The number of aromatic nitrogens is 2. The predicted octanol–water partition coefficient (Wildman–Crippen LogP) is 4.97. The molecule has 3 aromatic rings. The van der Waals surface area contributed by atoms with Gasteiger partial charge in [-0.3, -0.25) is 9.78 Å². The zero-order valence-corrected chi connectivity index (χ0v) is 18.2. The van der Waals surface area contributed by atoms with Gasteiger partial charge in [-0.1, -0.05) is 25.4 Å². The van der Waals surface area contributed by atoms with Gasteiger partial charge in [-0.2, -0.15) is 0 Å². The van der Waals surface area contributed by atoms with E-state index in [4.69, 9.17) is 21.1 Å². The Labute approximate surface area is 184 Å². The van der Waals surface area contributed by atoms with E-state index in [-0.39, 0.29) is 22.6 Å². The van der Waals surface area contributed by atoms with Crippen LogP contribution in [0.15, 0.2) is 47.4 Å². The summed E-state index contributed by atoms with van der Waals surface area (Å²) in [5, 5.41) is 3.70. The second kappa shape index (κ2) is 8.42. The number of pyridine rings is 2. The molecule has 2 N–H and O–H groups in total. The number of nitrogens with zero attached hydrogens (tertiary/aromatic N) is 1. The van der Waals surface area contributed by atoms with Gasteiger partial charge >= 0.3 is 0 Å². The number of H-pyrrole nitrogens is 1. The number of anilines is 2. The van der Waals surface area contributed by atoms with Crippen LogP contribution in [0.5, 0.6) is 0 Å². The van der Waals surface area contributed by atoms with Crippen LogP contribution in [-0.4, -0.2) is 30.3 Å². The van der Waals surface area contributed by atoms with E-state index in [0.29, 0.717) is 29.6 Å². The van der Waals surface area contributed by atoms with Gasteiger partial charge in [0.05, 0.1) is 30.2 Å². The number of halogens is 2. The number of hydrogen-bond acceptors (Lipinski definition) is 5. The molecule has 2 aromatic heterocycles. The number of benzene rings is 1. The molecule has 3 heterocycles. The summed E-state index contributed by atoms with van der Waals surface area (Å²) < 4.78 is 25.4. The molecule has 0 aliphatic carbocycles. The van der Waals surface area contributed by atoms with Crippen LogP contribution in [0.25, 0.3) is 11.1 Å². The lowest BCUT2D eigenvalue weighted by Crippen LogP contribution is -2.48. The summed E-state index contributed by atoms with van der Waals surface area (Å²) in [7, 11) is 1.63. The van der Waals surface area contributed by atoms with Crippen molar-refractivity contribution in [2.75, 3.05) is 25.6 Å². The van der Waals surface area contributed by atoms with Gasteiger partial charge in [0.1, 0.15) is 5.82 Å². The average molecular weight is 444 g/mol. The molecular formula is C23H23ClFN3O3. The first-order valence-corrected chi connectivity index (χ1v) is 10.3. The zero-order chi connectivity index (χ0) is 22.2. The van der Waals surface area contributed by atoms with Crippen molar-refractivity contribution in [3.63, 3.8) is 0 Å². The van der Waals surface area contributed by atoms with Crippen molar-refractivity contribution in [3.8, 4) is 11.1 Å². The van der Waals surface area contributed by atoms with Crippen molar-refractivity contribution in [1.29, 1.82) is 0 Å². The molecule has 1 fully saturated rings. The molecule has 31 heavy (non-hydrogen) atoms. The summed E-state index contributed by atoms with van der Waals surface area (Å²) in [6.07, 6.45) is 1.69. The van der Waals surface area contributed by atoms with E-state index in [1.165, 1.54) is 18.2 Å². The maximum absolute atomic E-state index is 14.5. The standard InChI is InChI=1S/C23H23ClFN3O3/c1-13(2)21-19(10-17(22(29)28-21)16-8-14(24)4-5-18(16)25)27-15-6-7-26-20(9-15)23(30-3)11-31-12-23/h4-10,13H,11-12H2,1-3H3,(H,26,27)(H,28,29). The van der Waals surface area contributed by atoms with Gasteiger partial charge in [0.15, 0.2) is 5.60 Å². The van der Waals surface area contributed by atoms with E-state index in [0.717, 1.165) is 11.4 Å². The van der Waals surface area contributed by atoms with Crippen LogP contribution in [0.4, 0.5) is 15.8 Å². The first-order chi connectivity index (χ1) is 14.8. The molecule has 6 nitrogen and oxygen atoms in total. The number of nitrogens with one attached hydrogen (secondary N) is 2. The van der Waals surface area contributed by atoms with Crippen LogP contribution >= 0.6 is 11.6 Å². The third kappa shape index (κ3) is 4.08. The van der Waals surface area contributed by atoms with Crippen molar-refractivity contribution < 1.29 is 13.9 Å². The van der Waals surface area contributed by atoms with Crippen LogP contribution in [0.3, 0.4) is 0 Å². The highest BCUT2D eigenvalue weighted by Crippen LogP contribution is 2.34. The SMILES string of the molecule is COC1(c2cc(Nc3cc(-c4cc(Cl)ccc4F)c(=O)[nH]c3C(C)C)ccn2)COC1. The lowest BCUT2D eigenvalue weighted by molar-refractivity contribution is -0.204. The second-order valence-corrected chi connectivity index (χ2v) is 8.30. The smallest absolute Gasteiger partial charge is 0.256 e. The summed E-state index contributed by atoms with van der Waals surface area (Å²) in [5.74, 6) is -0.489. The van der Waals surface area contributed by atoms with Crippen molar-refractivity contribution in [2.45, 2.75) is 25.4 Å². The largest absolute Gasteiger partial charge is 0.374 e. The second-order valence-electron chi connectivity index (χ2n) is 7.86. The van der Waals surface area contributed by atoms with Crippen molar-refractivity contribution in [1.82, 2.24) is 9.97 Å². The highest BCUT2D eigenvalue weighted by atomic mass is 35.5. The molecule has 1 saturated heterocycles. The van der Waals surface area contributed by atoms with E-state index >= 15 is 0 Å². The fourth-order valence-corrected chi connectivity index (χ4v) is 3.75. The normalized spacial score (nSPS) is 15.0. The van der Waals surface area contributed by atoms with E-state index in [1.54, 1.807) is 19.4 Å². The topological polar surface area (TPSA) is 76.2 Å². The van der Waals surface area contributed by atoms with Gasteiger partial charge in [-0.05, 0) is 42.3 Å². The quantitative estimate of drug-likeness (QED) is 0.562. The molecule has 162 valence electrons. The highest BCUT2D eigenvalue weighted by molar-refractivity contribution is 6.30. The van der Waals surface area contributed by atoms with Crippen molar-refractivity contribution in [3.05, 3.63) is 75.2 Å². The first kappa shape index (κ1) is 21.5. The molecule has 1 aliphatic rings.